The lowest BCUT2D eigenvalue weighted by Gasteiger charge is -2.32. The van der Waals surface area contributed by atoms with Crippen molar-refractivity contribution < 1.29 is 9.53 Å². The zero-order valence-electron chi connectivity index (χ0n) is 22.0. The number of allylic oxidation sites excluding steroid dienone is 1. The number of aromatic nitrogens is 4. The molecule has 1 amide bonds. The lowest BCUT2D eigenvalue weighted by Crippen LogP contribution is -2.40. The van der Waals surface area contributed by atoms with Crippen LogP contribution < -0.4 is 10.5 Å². The number of amides is 1. The first-order valence-electron chi connectivity index (χ1n) is 13.3. The quantitative estimate of drug-likeness (QED) is 0.291. The predicted molar refractivity (Wildman–Crippen MR) is 150 cm³/mol. The molecule has 8 nitrogen and oxygen atoms in total. The molecule has 2 atom stereocenters. The maximum Gasteiger partial charge on any atom is 0.246 e. The minimum absolute atomic E-state index is 0.00176. The minimum atomic E-state index is 0.00176. The van der Waals surface area contributed by atoms with Crippen molar-refractivity contribution in [1.82, 2.24) is 24.6 Å². The Hall–Kier alpha value is -4.20. The summed E-state index contributed by atoms with van der Waals surface area (Å²) in [6.45, 7) is 5.69. The number of likely N-dealkylation sites (tertiary alicyclic amines) is 1. The largest absolute Gasteiger partial charge is 0.457 e. The van der Waals surface area contributed by atoms with Crippen molar-refractivity contribution >= 4 is 22.8 Å². The first kappa shape index (κ1) is 25.4. The Labute approximate surface area is 223 Å². The van der Waals surface area contributed by atoms with E-state index in [1.807, 2.05) is 70.3 Å². The third kappa shape index (κ3) is 5.54. The van der Waals surface area contributed by atoms with Crippen LogP contribution in [0.4, 0.5) is 5.82 Å². The molecule has 0 aliphatic carbocycles. The van der Waals surface area contributed by atoms with Crippen LogP contribution in [-0.4, -0.2) is 43.6 Å². The highest BCUT2D eigenvalue weighted by atomic mass is 16.5. The molecule has 38 heavy (non-hydrogen) atoms. The van der Waals surface area contributed by atoms with Crippen molar-refractivity contribution in [3.05, 3.63) is 73.1 Å². The highest BCUT2D eigenvalue weighted by Crippen LogP contribution is 2.35. The van der Waals surface area contributed by atoms with Gasteiger partial charge in [-0.05, 0) is 67.7 Å². The summed E-state index contributed by atoms with van der Waals surface area (Å²) in [6.07, 6.45) is 9.02. The standard InChI is InChI=1S/C30H34N6O2/c1-3-21(2)9-7-13-26(37)35-18-8-10-23(19-35)36-30-27(29(31)32-20-33-30)28(34-36)22-14-16-25(17-15-22)38-24-11-5-4-6-12-24/h4-7,11-17,20-21,23H,3,8-10,18-19H2,1-2H3,(H2,31,32,33)/b13-7+. The van der Waals surface area contributed by atoms with E-state index >= 15 is 0 Å². The number of ether oxygens (including phenoxy) is 1. The Morgan fingerprint density at radius 2 is 1.89 bits per heavy atom. The van der Waals surface area contributed by atoms with Crippen LogP contribution in [0.15, 0.2) is 73.1 Å². The molecule has 0 bridgehead atoms. The second kappa shape index (κ2) is 11.5. The highest BCUT2D eigenvalue weighted by Gasteiger charge is 2.28. The molecular formula is C30H34N6O2. The summed E-state index contributed by atoms with van der Waals surface area (Å²) >= 11 is 0. The number of anilines is 1. The highest BCUT2D eigenvalue weighted by molar-refractivity contribution is 5.98. The number of nitrogen functional groups attached to an aromatic ring is 1. The van der Waals surface area contributed by atoms with E-state index in [-0.39, 0.29) is 11.9 Å². The van der Waals surface area contributed by atoms with Gasteiger partial charge >= 0.3 is 0 Å². The van der Waals surface area contributed by atoms with Gasteiger partial charge in [0.15, 0.2) is 5.65 Å². The van der Waals surface area contributed by atoms with Crippen LogP contribution in [0, 0.1) is 5.92 Å². The molecule has 196 valence electrons. The zero-order chi connectivity index (χ0) is 26.5. The number of nitrogens with zero attached hydrogens (tertiary/aromatic N) is 5. The molecule has 2 aromatic heterocycles. The summed E-state index contributed by atoms with van der Waals surface area (Å²) in [5.41, 5.74) is 8.64. The van der Waals surface area contributed by atoms with E-state index in [9.17, 15) is 4.79 Å². The van der Waals surface area contributed by atoms with Crippen molar-refractivity contribution in [2.24, 2.45) is 5.92 Å². The van der Waals surface area contributed by atoms with Gasteiger partial charge in [0.2, 0.25) is 5.91 Å². The van der Waals surface area contributed by atoms with Gasteiger partial charge in [-0.1, -0.05) is 44.5 Å². The van der Waals surface area contributed by atoms with Gasteiger partial charge in [0.25, 0.3) is 0 Å². The van der Waals surface area contributed by atoms with Crippen molar-refractivity contribution in [2.45, 2.75) is 45.6 Å². The molecule has 1 saturated heterocycles. The number of nitrogens with two attached hydrogens (primary N) is 1. The molecule has 2 unspecified atom stereocenters. The van der Waals surface area contributed by atoms with Crippen LogP contribution in [0.1, 0.15) is 45.6 Å². The maximum absolute atomic E-state index is 12.9. The number of benzene rings is 2. The van der Waals surface area contributed by atoms with Crippen molar-refractivity contribution in [3.63, 3.8) is 0 Å². The molecule has 2 aromatic carbocycles. The number of piperidine rings is 1. The Balaban J connectivity index is 1.40. The SMILES string of the molecule is CCC(C)C/C=C/C(=O)N1CCCC(n2nc(-c3ccc(Oc4ccccc4)cc3)c3c(N)ncnc32)C1. The van der Waals surface area contributed by atoms with E-state index in [0.717, 1.165) is 60.4 Å². The smallest absolute Gasteiger partial charge is 0.246 e. The molecule has 3 heterocycles. The summed E-state index contributed by atoms with van der Waals surface area (Å²) in [5.74, 6) is 2.52. The summed E-state index contributed by atoms with van der Waals surface area (Å²) < 4.78 is 7.87. The number of carbonyl (C=O) groups excluding carboxylic acids is 1. The Bertz CT molecular complexity index is 1410. The van der Waals surface area contributed by atoms with Crippen LogP contribution in [-0.2, 0) is 4.79 Å². The number of hydrogen-bond donors (Lipinski definition) is 1. The van der Waals surface area contributed by atoms with E-state index in [1.54, 1.807) is 6.08 Å². The number of fused-ring (bicyclic) bond motifs is 1. The summed E-state index contributed by atoms with van der Waals surface area (Å²) in [7, 11) is 0. The second-order valence-corrected chi connectivity index (χ2v) is 9.92. The molecule has 1 fully saturated rings. The molecule has 0 saturated carbocycles. The molecular weight excluding hydrogens is 476 g/mol. The Kier molecular flexibility index (Phi) is 7.67. The van der Waals surface area contributed by atoms with Gasteiger partial charge in [0, 0.05) is 18.7 Å². The van der Waals surface area contributed by atoms with Crippen LogP contribution in [0.25, 0.3) is 22.3 Å². The van der Waals surface area contributed by atoms with E-state index in [0.29, 0.717) is 23.9 Å². The fraction of sp³-hybridized carbons (Fsp3) is 0.333. The normalized spacial score (nSPS) is 16.7. The fourth-order valence-corrected chi connectivity index (χ4v) is 4.79. The van der Waals surface area contributed by atoms with Crippen molar-refractivity contribution in [1.29, 1.82) is 0 Å². The number of hydrogen-bond acceptors (Lipinski definition) is 6. The molecule has 2 N–H and O–H groups in total. The van der Waals surface area contributed by atoms with Crippen molar-refractivity contribution in [2.75, 3.05) is 18.8 Å². The first-order chi connectivity index (χ1) is 18.5. The average Bonchev–Trinajstić information content (AvgIpc) is 3.35. The zero-order valence-corrected chi connectivity index (χ0v) is 22.0. The summed E-state index contributed by atoms with van der Waals surface area (Å²) in [4.78, 5) is 23.6. The van der Waals surface area contributed by atoms with Crippen LogP contribution in [0.2, 0.25) is 0 Å². The Morgan fingerprint density at radius 3 is 2.66 bits per heavy atom. The molecule has 0 radical (unpaired) electrons. The fourth-order valence-electron chi connectivity index (χ4n) is 4.79. The van der Waals surface area contributed by atoms with Crippen LogP contribution in [0.3, 0.4) is 0 Å². The van der Waals surface area contributed by atoms with Crippen LogP contribution >= 0.6 is 0 Å². The van der Waals surface area contributed by atoms with Gasteiger partial charge in [-0.3, -0.25) is 4.79 Å². The first-order valence-corrected chi connectivity index (χ1v) is 13.3. The lowest BCUT2D eigenvalue weighted by atomic mass is 10.0. The van der Waals surface area contributed by atoms with Gasteiger partial charge in [0.05, 0.1) is 11.4 Å². The number of carbonyl (C=O) groups is 1. The number of para-hydroxylation sites is 1. The van der Waals surface area contributed by atoms with Gasteiger partial charge in [-0.15, -0.1) is 0 Å². The van der Waals surface area contributed by atoms with E-state index < -0.39 is 0 Å². The molecule has 8 heteroatoms. The maximum atomic E-state index is 12.9. The second-order valence-electron chi connectivity index (χ2n) is 9.92. The topological polar surface area (TPSA) is 99.2 Å². The minimum Gasteiger partial charge on any atom is -0.457 e. The predicted octanol–water partition coefficient (Wildman–Crippen LogP) is 6.02. The molecule has 0 spiro atoms. The van der Waals surface area contributed by atoms with Gasteiger partial charge < -0.3 is 15.4 Å². The van der Waals surface area contributed by atoms with E-state index in [1.165, 1.54) is 6.33 Å². The molecule has 5 rings (SSSR count). The van der Waals surface area contributed by atoms with Crippen molar-refractivity contribution in [3.8, 4) is 22.8 Å². The molecule has 4 aromatic rings. The van der Waals surface area contributed by atoms with E-state index in [2.05, 4.69) is 23.8 Å². The lowest BCUT2D eigenvalue weighted by molar-refractivity contribution is -0.127. The van der Waals surface area contributed by atoms with Gasteiger partial charge in [0.1, 0.15) is 29.3 Å². The average molecular weight is 511 g/mol. The Morgan fingerprint density at radius 1 is 1.13 bits per heavy atom. The summed E-state index contributed by atoms with van der Waals surface area (Å²) in [5, 5.41) is 5.71. The van der Waals surface area contributed by atoms with Crippen LogP contribution in [0.5, 0.6) is 11.5 Å². The number of rotatable bonds is 8. The third-order valence-corrected chi connectivity index (χ3v) is 7.17. The molecule has 1 aliphatic rings. The summed E-state index contributed by atoms with van der Waals surface area (Å²) in [6, 6.07) is 17.4. The molecule has 1 aliphatic heterocycles. The monoisotopic (exact) mass is 510 g/mol. The third-order valence-electron chi connectivity index (χ3n) is 7.17. The van der Waals surface area contributed by atoms with Gasteiger partial charge in [-0.2, -0.15) is 5.10 Å². The van der Waals surface area contributed by atoms with Gasteiger partial charge in [-0.25, -0.2) is 14.6 Å². The van der Waals surface area contributed by atoms with E-state index in [4.69, 9.17) is 15.6 Å².